The van der Waals surface area contributed by atoms with Crippen LogP contribution in [-0.2, 0) is 19.4 Å². The fraction of sp³-hybridized carbons (Fsp3) is 0.368. The Kier molecular flexibility index (Phi) is 4.74. The molecule has 116 valence electrons. The molecule has 2 nitrogen and oxygen atoms in total. The molecule has 0 spiro atoms. The maximum absolute atomic E-state index is 12.9. The quantitative estimate of drug-likeness (QED) is 0.874. The van der Waals surface area contributed by atoms with Gasteiger partial charge in [0.25, 0.3) is 0 Å². The minimum absolute atomic E-state index is 0.181. The lowest BCUT2D eigenvalue weighted by Crippen LogP contribution is -2.27. The summed E-state index contributed by atoms with van der Waals surface area (Å²) in [5, 5.41) is 6.96. The zero-order valence-electron chi connectivity index (χ0n) is 13.0. The van der Waals surface area contributed by atoms with Crippen molar-refractivity contribution in [2.24, 2.45) is 0 Å². The van der Waals surface area contributed by atoms with Crippen molar-refractivity contribution < 1.29 is 4.39 Å². The molecule has 0 radical (unpaired) electrons. The predicted molar refractivity (Wildman–Crippen MR) is 89.7 cm³/mol. The van der Waals surface area contributed by atoms with Gasteiger partial charge in [-0.25, -0.2) is 4.39 Å². The van der Waals surface area contributed by atoms with E-state index in [1.54, 1.807) is 0 Å². The summed E-state index contributed by atoms with van der Waals surface area (Å²) in [6.07, 6.45) is 3.40. The van der Waals surface area contributed by atoms with E-state index in [9.17, 15) is 4.39 Å². The first kappa shape index (κ1) is 15.0. The first-order valence-corrected chi connectivity index (χ1v) is 8.04. The Morgan fingerprint density at radius 1 is 1.14 bits per heavy atom. The molecule has 0 saturated carbocycles. The largest absolute Gasteiger partial charge is 0.385 e. The third-order valence-electron chi connectivity index (χ3n) is 4.22. The summed E-state index contributed by atoms with van der Waals surface area (Å²) < 4.78 is 12.9. The van der Waals surface area contributed by atoms with Crippen LogP contribution in [0.2, 0.25) is 0 Å². The SMILES string of the molecule is CC(Cc1ccc2c(c1)CCCN2)NCc1ccc(F)cc1. The maximum Gasteiger partial charge on any atom is 0.123 e. The Morgan fingerprint density at radius 3 is 2.73 bits per heavy atom. The van der Waals surface area contributed by atoms with Gasteiger partial charge in [-0.15, -0.1) is 0 Å². The zero-order valence-corrected chi connectivity index (χ0v) is 13.0. The first-order chi connectivity index (χ1) is 10.7. The molecule has 0 amide bonds. The van der Waals surface area contributed by atoms with Gasteiger partial charge < -0.3 is 10.6 Å². The van der Waals surface area contributed by atoms with Crippen molar-refractivity contribution in [3.05, 3.63) is 65.0 Å². The number of fused-ring (bicyclic) bond motifs is 1. The number of hydrogen-bond donors (Lipinski definition) is 2. The van der Waals surface area contributed by atoms with Gasteiger partial charge >= 0.3 is 0 Å². The van der Waals surface area contributed by atoms with Gasteiger partial charge in [0.2, 0.25) is 0 Å². The van der Waals surface area contributed by atoms with Crippen LogP contribution in [0.4, 0.5) is 10.1 Å². The van der Waals surface area contributed by atoms with Crippen molar-refractivity contribution >= 4 is 5.69 Å². The molecule has 0 aromatic heterocycles. The van der Waals surface area contributed by atoms with Gasteiger partial charge in [-0.1, -0.05) is 24.3 Å². The van der Waals surface area contributed by atoms with Crippen LogP contribution in [-0.4, -0.2) is 12.6 Å². The summed E-state index contributed by atoms with van der Waals surface area (Å²) in [5.74, 6) is -0.181. The number of anilines is 1. The Labute approximate surface area is 131 Å². The molecule has 2 aromatic carbocycles. The summed E-state index contributed by atoms with van der Waals surface area (Å²) in [5.41, 5.74) is 5.22. The van der Waals surface area contributed by atoms with Gasteiger partial charge in [-0.3, -0.25) is 0 Å². The lowest BCUT2D eigenvalue weighted by atomic mass is 9.98. The Bertz CT molecular complexity index is 622. The second kappa shape index (κ2) is 6.93. The van der Waals surface area contributed by atoms with E-state index >= 15 is 0 Å². The maximum atomic E-state index is 12.9. The summed E-state index contributed by atoms with van der Waals surface area (Å²) in [4.78, 5) is 0. The summed E-state index contributed by atoms with van der Waals surface area (Å²) in [6, 6.07) is 13.8. The summed E-state index contributed by atoms with van der Waals surface area (Å²) >= 11 is 0. The number of halogens is 1. The highest BCUT2D eigenvalue weighted by molar-refractivity contribution is 5.54. The van der Waals surface area contributed by atoms with Gasteiger partial charge in [0, 0.05) is 24.8 Å². The third-order valence-corrected chi connectivity index (χ3v) is 4.22. The zero-order chi connectivity index (χ0) is 15.4. The van der Waals surface area contributed by atoms with E-state index in [4.69, 9.17) is 0 Å². The van der Waals surface area contributed by atoms with E-state index < -0.39 is 0 Å². The molecular weight excluding hydrogens is 275 g/mol. The molecule has 1 atom stereocenters. The Morgan fingerprint density at radius 2 is 1.91 bits per heavy atom. The van der Waals surface area contributed by atoms with Crippen LogP contribution in [0, 0.1) is 5.82 Å². The summed E-state index contributed by atoms with van der Waals surface area (Å²) in [6.45, 7) is 4.05. The second-order valence-electron chi connectivity index (χ2n) is 6.13. The third kappa shape index (κ3) is 3.86. The summed E-state index contributed by atoms with van der Waals surface area (Å²) in [7, 11) is 0. The highest BCUT2D eigenvalue weighted by Gasteiger charge is 2.10. The first-order valence-electron chi connectivity index (χ1n) is 8.04. The number of rotatable bonds is 5. The van der Waals surface area contributed by atoms with Gasteiger partial charge in [0.15, 0.2) is 0 Å². The van der Waals surface area contributed by atoms with Crippen molar-refractivity contribution in [1.82, 2.24) is 5.32 Å². The molecule has 2 N–H and O–H groups in total. The van der Waals surface area contributed by atoms with Crippen LogP contribution in [0.25, 0.3) is 0 Å². The lowest BCUT2D eigenvalue weighted by Gasteiger charge is -2.20. The molecule has 22 heavy (non-hydrogen) atoms. The Hall–Kier alpha value is -1.87. The van der Waals surface area contributed by atoms with Crippen molar-refractivity contribution in [2.45, 2.75) is 38.8 Å². The van der Waals surface area contributed by atoms with Crippen molar-refractivity contribution in [1.29, 1.82) is 0 Å². The van der Waals surface area contributed by atoms with E-state index in [1.807, 2.05) is 12.1 Å². The van der Waals surface area contributed by atoms with Crippen LogP contribution in [0.15, 0.2) is 42.5 Å². The van der Waals surface area contributed by atoms with E-state index in [0.29, 0.717) is 6.04 Å². The fourth-order valence-electron chi connectivity index (χ4n) is 2.98. The average molecular weight is 298 g/mol. The van der Waals surface area contributed by atoms with Crippen LogP contribution in [0.1, 0.15) is 30.0 Å². The smallest absolute Gasteiger partial charge is 0.123 e. The van der Waals surface area contributed by atoms with E-state index in [1.165, 1.54) is 41.8 Å². The van der Waals surface area contributed by atoms with Gasteiger partial charge in [-0.05, 0) is 61.1 Å². The molecule has 1 aliphatic heterocycles. The molecule has 0 saturated heterocycles. The van der Waals surface area contributed by atoms with E-state index in [0.717, 1.165) is 25.1 Å². The highest BCUT2D eigenvalue weighted by Crippen LogP contribution is 2.23. The van der Waals surface area contributed by atoms with Crippen molar-refractivity contribution in [2.75, 3.05) is 11.9 Å². The molecule has 1 heterocycles. The topological polar surface area (TPSA) is 24.1 Å². The van der Waals surface area contributed by atoms with Crippen LogP contribution in [0.5, 0.6) is 0 Å². The standard InChI is InChI=1S/C19H23FN2/c1-14(22-13-15-4-7-18(20)8-5-15)11-16-6-9-19-17(12-16)3-2-10-21-19/h4-9,12,14,21-22H,2-3,10-11,13H2,1H3. The van der Waals surface area contributed by atoms with E-state index in [2.05, 4.69) is 35.8 Å². The van der Waals surface area contributed by atoms with Crippen LogP contribution >= 0.6 is 0 Å². The number of hydrogen-bond acceptors (Lipinski definition) is 2. The van der Waals surface area contributed by atoms with Crippen molar-refractivity contribution in [3.63, 3.8) is 0 Å². The molecule has 1 aliphatic rings. The molecule has 0 fully saturated rings. The second-order valence-corrected chi connectivity index (χ2v) is 6.13. The number of nitrogens with one attached hydrogen (secondary N) is 2. The number of aryl methyl sites for hydroxylation is 1. The normalized spacial score (nSPS) is 15.0. The Balaban J connectivity index is 1.55. The number of benzene rings is 2. The molecule has 1 unspecified atom stereocenters. The predicted octanol–water partition coefficient (Wildman–Crippen LogP) is 3.90. The van der Waals surface area contributed by atoms with Crippen molar-refractivity contribution in [3.8, 4) is 0 Å². The van der Waals surface area contributed by atoms with Gasteiger partial charge in [0.05, 0.1) is 0 Å². The molecule has 2 aromatic rings. The monoisotopic (exact) mass is 298 g/mol. The fourth-order valence-corrected chi connectivity index (χ4v) is 2.98. The van der Waals surface area contributed by atoms with Gasteiger partial charge in [0.1, 0.15) is 5.82 Å². The molecule has 0 bridgehead atoms. The molecule has 3 rings (SSSR count). The average Bonchev–Trinajstić information content (AvgIpc) is 2.54. The molecule has 3 heteroatoms. The lowest BCUT2D eigenvalue weighted by molar-refractivity contribution is 0.544. The minimum Gasteiger partial charge on any atom is -0.385 e. The molecule has 0 aliphatic carbocycles. The van der Waals surface area contributed by atoms with E-state index in [-0.39, 0.29) is 5.82 Å². The molecular formula is C19H23FN2. The minimum atomic E-state index is -0.181. The van der Waals surface area contributed by atoms with Crippen LogP contribution < -0.4 is 10.6 Å². The van der Waals surface area contributed by atoms with Gasteiger partial charge in [-0.2, -0.15) is 0 Å². The highest BCUT2D eigenvalue weighted by atomic mass is 19.1. The van der Waals surface area contributed by atoms with Crippen LogP contribution in [0.3, 0.4) is 0 Å².